The number of anilines is 1. The zero-order valence-electron chi connectivity index (χ0n) is 11.2. The Kier molecular flexibility index (Phi) is 3.72. The van der Waals surface area contributed by atoms with Crippen LogP contribution in [-0.4, -0.2) is 16.0 Å². The van der Waals surface area contributed by atoms with Crippen molar-refractivity contribution < 1.29 is 9.90 Å². The Hall–Kier alpha value is -2.18. The number of thiazole rings is 1. The van der Waals surface area contributed by atoms with Gasteiger partial charge in [-0.25, -0.2) is 4.98 Å². The van der Waals surface area contributed by atoms with Crippen molar-refractivity contribution in [2.24, 2.45) is 0 Å². The third-order valence-corrected chi connectivity index (χ3v) is 5.03. The average Bonchev–Trinajstić information content (AvgIpc) is 3.07. The molecule has 4 nitrogen and oxygen atoms in total. The van der Waals surface area contributed by atoms with E-state index in [0.29, 0.717) is 16.3 Å². The molecule has 0 saturated carbocycles. The molecule has 2 aromatic heterocycles. The van der Waals surface area contributed by atoms with Crippen LogP contribution in [-0.2, 0) is 0 Å². The molecule has 0 atom stereocenters. The van der Waals surface area contributed by atoms with Crippen LogP contribution in [0.25, 0.3) is 9.88 Å². The van der Waals surface area contributed by atoms with E-state index in [1.807, 2.05) is 24.4 Å². The van der Waals surface area contributed by atoms with Gasteiger partial charge in [0, 0.05) is 11.8 Å². The van der Waals surface area contributed by atoms with Crippen molar-refractivity contribution >= 4 is 34.3 Å². The van der Waals surface area contributed by atoms with Crippen LogP contribution in [0, 0.1) is 6.92 Å². The number of carbonyl (C=O) groups excluding carboxylic acids is 1. The summed E-state index contributed by atoms with van der Waals surface area (Å²) >= 11 is 2.97. The Morgan fingerprint density at radius 3 is 2.86 bits per heavy atom. The number of aromatic hydroxyl groups is 1. The largest absolute Gasteiger partial charge is 0.508 e. The normalized spacial score (nSPS) is 10.5. The second-order valence-electron chi connectivity index (χ2n) is 4.42. The Bertz CT molecular complexity index is 779. The van der Waals surface area contributed by atoms with Crippen LogP contribution in [0.2, 0.25) is 0 Å². The van der Waals surface area contributed by atoms with Crippen molar-refractivity contribution in [1.82, 2.24) is 4.98 Å². The summed E-state index contributed by atoms with van der Waals surface area (Å²) in [6, 6.07) is 10.4. The van der Waals surface area contributed by atoms with E-state index in [1.165, 1.54) is 17.4 Å². The van der Waals surface area contributed by atoms with Crippen LogP contribution in [0.15, 0.2) is 41.8 Å². The fraction of sp³-hybridized carbons (Fsp3) is 0.0667. The maximum absolute atomic E-state index is 12.3. The molecule has 0 aliphatic carbocycles. The molecule has 0 fully saturated rings. The van der Waals surface area contributed by atoms with Crippen LogP contribution >= 0.6 is 22.7 Å². The van der Waals surface area contributed by atoms with Crippen molar-refractivity contribution in [2.45, 2.75) is 6.92 Å². The number of hydrogen-bond acceptors (Lipinski definition) is 5. The average molecular weight is 316 g/mol. The lowest BCUT2D eigenvalue weighted by Crippen LogP contribution is -2.11. The minimum atomic E-state index is -0.210. The molecular weight excluding hydrogens is 304 g/mol. The summed E-state index contributed by atoms with van der Waals surface area (Å²) < 4.78 is 0. The summed E-state index contributed by atoms with van der Waals surface area (Å²) in [4.78, 5) is 18.4. The summed E-state index contributed by atoms with van der Waals surface area (Å²) in [6.07, 6.45) is 0. The van der Waals surface area contributed by atoms with Gasteiger partial charge in [-0.05, 0) is 30.5 Å². The summed E-state index contributed by atoms with van der Waals surface area (Å²) in [6.45, 7) is 1.82. The molecule has 3 rings (SSSR count). The quantitative estimate of drug-likeness (QED) is 0.763. The Morgan fingerprint density at radius 2 is 2.14 bits per heavy atom. The molecule has 106 valence electrons. The Labute approximate surface area is 129 Å². The van der Waals surface area contributed by atoms with E-state index in [-0.39, 0.29) is 11.7 Å². The molecule has 21 heavy (non-hydrogen) atoms. The van der Waals surface area contributed by atoms with Gasteiger partial charge in [0.25, 0.3) is 5.91 Å². The van der Waals surface area contributed by atoms with Crippen LogP contribution in [0.5, 0.6) is 5.75 Å². The minimum absolute atomic E-state index is 0.119. The number of aromatic nitrogens is 1. The highest BCUT2D eigenvalue weighted by Crippen LogP contribution is 2.31. The molecule has 2 heterocycles. The SMILES string of the molecule is Cc1nc(-c2cccs2)sc1C(=O)Nc1cccc(O)c1. The number of nitrogens with zero attached hydrogens (tertiary/aromatic N) is 1. The molecule has 0 spiro atoms. The number of carbonyl (C=O) groups is 1. The highest BCUT2D eigenvalue weighted by Gasteiger charge is 2.16. The van der Waals surface area contributed by atoms with Crippen molar-refractivity contribution in [1.29, 1.82) is 0 Å². The molecule has 0 unspecified atom stereocenters. The highest BCUT2D eigenvalue weighted by molar-refractivity contribution is 7.22. The lowest BCUT2D eigenvalue weighted by atomic mass is 10.3. The first-order valence-corrected chi connectivity index (χ1v) is 7.95. The topological polar surface area (TPSA) is 62.2 Å². The summed E-state index contributed by atoms with van der Waals surface area (Å²) in [7, 11) is 0. The third kappa shape index (κ3) is 2.96. The molecule has 2 N–H and O–H groups in total. The zero-order valence-corrected chi connectivity index (χ0v) is 12.8. The molecule has 1 aromatic carbocycles. The smallest absolute Gasteiger partial charge is 0.267 e. The van der Waals surface area contributed by atoms with E-state index < -0.39 is 0 Å². The van der Waals surface area contributed by atoms with Crippen molar-refractivity contribution in [3.05, 3.63) is 52.3 Å². The van der Waals surface area contributed by atoms with E-state index in [1.54, 1.807) is 29.5 Å². The van der Waals surface area contributed by atoms with Crippen LogP contribution in [0.4, 0.5) is 5.69 Å². The maximum Gasteiger partial charge on any atom is 0.267 e. The van der Waals surface area contributed by atoms with Crippen molar-refractivity contribution in [3.8, 4) is 15.6 Å². The van der Waals surface area contributed by atoms with Gasteiger partial charge in [-0.3, -0.25) is 4.79 Å². The van der Waals surface area contributed by atoms with Gasteiger partial charge >= 0.3 is 0 Å². The first-order valence-electron chi connectivity index (χ1n) is 6.25. The van der Waals surface area contributed by atoms with Crippen LogP contribution < -0.4 is 5.32 Å². The Balaban J connectivity index is 1.85. The summed E-state index contributed by atoms with van der Waals surface area (Å²) in [5, 5.41) is 15.0. The molecule has 0 aliphatic rings. The van der Waals surface area contributed by atoms with Gasteiger partial charge in [0.05, 0.1) is 10.6 Å². The third-order valence-electron chi connectivity index (χ3n) is 2.84. The molecule has 1 amide bonds. The van der Waals surface area contributed by atoms with Gasteiger partial charge in [-0.15, -0.1) is 22.7 Å². The van der Waals surface area contributed by atoms with E-state index in [4.69, 9.17) is 0 Å². The van der Waals surface area contributed by atoms with Gasteiger partial charge in [0.2, 0.25) is 0 Å². The fourth-order valence-electron chi connectivity index (χ4n) is 1.88. The molecule has 0 radical (unpaired) electrons. The first-order chi connectivity index (χ1) is 10.1. The monoisotopic (exact) mass is 316 g/mol. The van der Waals surface area contributed by atoms with Gasteiger partial charge in [-0.1, -0.05) is 12.1 Å². The predicted octanol–water partition coefficient (Wildman–Crippen LogP) is 4.14. The molecule has 0 saturated heterocycles. The number of rotatable bonds is 3. The highest BCUT2D eigenvalue weighted by atomic mass is 32.1. The van der Waals surface area contributed by atoms with E-state index in [9.17, 15) is 9.90 Å². The van der Waals surface area contributed by atoms with E-state index >= 15 is 0 Å². The number of aryl methyl sites for hydroxylation is 1. The minimum Gasteiger partial charge on any atom is -0.508 e. The summed E-state index contributed by atoms with van der Waals surface area (Å²) in [5.41, 5.74) is 1.27. The number of nitrogens with one attached hydrogen (secondary N) is 1. The van der Waals surface area contributed by atoms with Crippen LogP contribution in [0.3, 0.4) is 0 Å². The second kappa shape index (κ2) is 5.67. The number of hydrogen-bond donors (Lipinski definition) is 2. The number of amides is 1. The number of thiophene rings is 1. The van der Waals surface area contributed by atoms with Crippen molar-refractivity contribution in [2.75, 3.05) is 5.32 Å². The first kappa shape index (κ1) is 13.8. The molecule has 0 aliphatic heterocycles. The standard InChI is InChI=1S/C15H12N2O2S2/c1-9-13(21-15(16-9)12-6-3-7-20-12)14(19)17-10-4-2-5-11(18)8-10/h2-8,18H,1H3,(H,17,19). The molecular formula is C15H12N2O2S2. The fourth-order valence-corrected chi connectivity index (χ4v) is 3.64. The van der Waals surface area contributed by atoms with Crippen LogP contribution in [0.1, 0.15) is 15.4 Å². The lowest BCUT2D eigenvalue weighted by Gasteiger charge is -2.04. The summed E-state index contributed by atoms with van der Waals surface area (Å²) in [5.74, 6) is -0.0912. The number of phenols is 1. The number of benzene rings is 1. The van der Waals surface area contributed by atoms with Gasteiger partial charge < -0.3 is 10.4 Å². The van der Waals surface area contributed by atoms with E-state index in [0.717, 1.165) is 9.88 Å². The molecule has 3 aromatic rings. The van der Waals surface area contributed by atoms with E-state index in [2.05, 4.69) is 10.3 Å². The zero-order chi connectivity index (χ0) is 14.8. The van der Waals surface area contributed by atoms with Gasteiger partial charge in [0.1, 0.15) is 15.6 Å². The lowest BCUT2D eigenvalue weighted by molar-refractivity contribution is 0.103. The van der Waals surface area contributed by atoms with Crippen molar-refractivity contribution in [3.63, 3.8) is 0 Å². The second-order valence-corrected chi connectivity index (χ2v) is 6.36. The predicted molar refractivity (Wildman–Crippen MR) is 86.2 cm³/mol. The Morgan fingerprint density at radius 1 is 1.29 bits per heavy atom. The maximum atomic E-state index is 12.3. The van der Waals surface area contributed by atoms with Gasteiger partial charge in [0.15, 0.2) is 0 Å². The molecule has 0 bridgehead atoms. The van der Waals surface area contributed by atoms with Gasteiger partial charge in [-0.2, -0.15) is 0 Å². The number of phenolic OH excluding ortho intramolecular Hbond substituents is 1. The molecule has 6 heteroatoms.